The van der Waals surface area contributed by atoms with Crippen LogP contribution in [0.15, 0.2) is 30.6 Å². The summed E-state index contributed by atoms with van der Waals surface area (Å²) in [7, 11) is 0. The highest BCUT2D eigenvalue weighted by atomic mass is 16.3. The van der Waals surface area contributed by atoms with E-state index < -0.39 is 5.60 Å². The quantitative estimate of drug-likeness (QED) is 0.760. The Bertz CT molecular complexity index is 830. The second-order valence-electron chi connectivity index (χ2n) is 9.45. The van der Waals surface area contributed by atoms with Gasteiger partial charge in [0.1, 0.15) is 5.69 Å². The molecule has 0 aliphatic carbocycles. The molecule has 1 amide bonds. The van der Waals surface area contributed by atoms with E-state index in [1.807, 2.05) is 23.1 Å². The van der Waals surface area contributed by atoms with Crippen LogP contribution in [0.3, 0.4) is 0 Å². The Kier molecular flexibility index (Phi) is 6.93. The third-order valence-corrected chi connectivity index (χ3v) is 5.93. The Balaban J connectivity index is 1.61. The van der Waals surface area contributed by atoms with Gasteiger partial charge in [-0.3, -0.25) is 19.8 Å². The van der Waals surface area contributed by atoms with E-state index in [0.717, 1.165) is 25.2 Å². The first-order valence-electron chi connectivity index (χ1n) is 10.9. The SMILES string of the molecule is CCN(Cc1ccncc1)C[C@]1(O)CCCN(C(=O)c2cc(C(C)(C)C)[nH]n2)CC1. The fourth-order valence-electron chi connectivity index (χ4n) is 3.96. The van der Waals surface area contributed by atoms with Gasteiger partial charge < -0.3 is 10.0 Å². The number of rotatable bonds is 6. The molecule has 0 spiro atoms. The van der Waals surface area contributed by atoms with Gasteiger partial charge in [-0.2, -0.15) is 5.10 Å². The molecule has 7 nitrogen and oxygen atoms in total. The third kappa shape index (κ3) is 5.67. The predicted molar refractivity (Wildman–Crippen MR) is 117 cm³/mol. The molecule has 0 unspecified atom stereocenters. The molecule has 2 aromatic rings. The summed E-state index contributed by atoms with van der Waals surface area (Å²) in [4.78, 5) is 21.1. The molecule has 1 aliphatic rings. The van der Waals surface area contributed by atoms with Crippen molar-refractivity contribution in [3.8, 4) is 0 Å². The van der Waals surface area contributed by atoms with Gasteiger partial charge in [0.15, 0.2) is 0 Å². The molecule has 1 aliphatic heterocycles. The lowest BCUT2D eigenvalue weighted by molar-refractivity contribution is -0.00928. The smallest absolute Gasteiger partial charge is 0.274 e. The van der Waals surface area contributed by atoms with Gasteiger partial charge in [-0.1, -0.05) is 27.7 Å². The van der Waals surface area contributed by atoms with Crippen molar-refractivity contribution in [2.75, 3.05) is 26.2 Å². The van der Waals surface area contributed by atoms with Gasteiger partial charge in [0.05, 0.1) is 5.60 Å². The number of nitrogens with one attached hydrogen (secondary N) is 1. The van der Waals surface area contributed by atoms with Crippen molar-refractivity contribution in [2.24, 2.45) is 0 Å². The van der Waals surface area contributed by atoms with Crippen molar-refractivity contribution in [1.29, 1.82) is 0 Å². The van der Waals surface area contributed by atoms with Crippen LogP contribution >= 0.6 is 0 Å². The van der Waals surface area contributed by atoms with E-state index >= 15 is 0 Å². The number of likely N-dealkylation sites (N-methyl/N-ethyl adjacent to an activating group) is 1. The topological polar surface area (TPSA) is 85.4 Å². The highest BCUT2D eigenvalue weighted by Gasteiger charge is 2.34. The molecule has 30 heavy (non-hydrogen) atoms. The predicted octanol–water partition coefficient (Wildman–Crippen LogP) is 2.98. The number of aliphatic hydroxyl groups is 1. The Morgan fingerprint density at radius 1 is 1.27 bits per heavy atom. The molecular formula is C23H35N5O2. The van der Waals surface area contributed by atoms with E-state index in [1.165, 1.54) is 5.56 Å². The van der Waals surface area contributed by atoms with Gasteiger partial charge in [-0.25, -0.2) is 0 Å². The number of carbonyl (C=O) groups excluding carboxylic acids is 1. The molecule has 1 atom stereocenters. The average Bonchev–Trinajstić information content (AvgIpc) is 3.13. The molecule has 2 N–H and O–H groups in total. The van der Waals surface area contributed by atoms with Crippen LogP contribution in [0.2, 0.25) is 0 Å². The Morgan fingerprint density at radius 2 is 2.00 bits per heavy atom. The molecule has 0 aromatic carbocycles. The molecule has 3 heterocycles. The number of aromatic amines is 1. The lowest BCUT2D eigenvalue weighted by Gasteiger charge is -2.33. The number of amides is 1. The summed E-state index contributed by atoms with van der Waals surface area (Å²) in [6.07, 6.45) is 5.64. The van der Waals surface area contributed by atoms with Crippen molar-refractivity contribution < 1.29 is 9.90 Å². The zero-order chi connectivity index (χ0) is 21.8. The number of likely N-dealkylation sites (tertiary alicyclic amines) is 1. The van der Waals surface area contributed by atoms with Crippen molar-refractivity contribution >= 4 is 5.91 Å². The standard InChI is InChI=1S/C23H35N5O2/c1-5-27(16-18-7-11-24-12-8-18)17-23(30)9-6-13-28(14-10-23)21(29)19-15-20(26-25-19)22(2,3)4/h7-8,11-12,15,30H,5-6,9-10,13-14,16-17H2,1-4H3,(H,25,26)/t23-/m0/s1. The first kappa shape index (κ1) is 22.4. The summed E-state index contributed by atoms with van der Waals surface area (Å²) in [6.45, 7) is 11.8. The van der Waals surface area contributed by atoms with Gasteiger partial charge in [0, 0.05) is 49.7 Å². The second kappa shape index (κ2) is 9.27. The van der Waals surface area contributed by atoms with Crippen LogP contribution in [0, 0.1) is 0 Å². The van der Waals surface area contributed by atoms with Crippen LogP contribution in [0.5, 0.6) is 0 Å². The fourth-order valence-corrected chi connectivity index (χ4v) is 3.96. The molecule has 3 rings (SSSR count). The van der Waals surface area contributed by atoms with Gasteiger partial charge in [-0.15, -0.1) is 0 Å². The first-order chi connectivity index (χ1) is 14.2. The molecule has 0 bridgehead atoms. The molecule has 1 saturated heterocycles. The van der Waals surface area contributed by atoms with Gasteiger partial charge >= 0.3 is 0 Å². The summed E-state index contributed by atoms with van der Waals surface area (Å²) in [5.74, 6) is -0.0601. The largest absolute Gasteiger partial charge is 0.388 e. The van der Waals surface area contributed by atoms with E-state index in [-0.39, 0.29) is 11.3 Å². The van der Waals surface area contributed by atoms with Crippen molar-refractivity contribution in [1.82, 2.24) is 25.0 Å². The van der Waals surface area contributed by atoms with E-state index in [4.69, 9.17) is 0 Å². The van der Waals surface area contributed by atoms with E-state index in [0.29, 0.717) is 38.2 Å². The summed E-state index contributed by atoms with van der Waals surface area (Å²) < 4.78 is 0. The molecule has 0 radical (unpaired) electrons. The number of hydrogen-bond donors (Lipinski definition) is 2. The van der Waals surface area contributed by atoms with Crippen molar-refractivity contribution in [2.45, 2.75) is 64.5 Å². The highest BCUT2D eigenvalue weighted by Crippen LogP contribution is 2.26. The lowest BCUT2D eigenvalue weighted by atomic mass is 9.92. The normalized spacial score (nSPS) is 20.4. The van der Waals surface area contributed by atoms with Crippen LogP contribution in [0.4, 0.5) is 0 Å². The van der Waals surface area contributed by atoms with Gasteiger partial charge in [0.2, 0.25) is 0 Å². The van der Waals surface area contributed by atoms with Crippen LogP contribution in [-0.2, 0) is 12.0 Å². The Labute approximate surface area is 179 Å². The molecule has 1 fully saturated rings. The molecule has 7 heteroatoms. The number of hydrogen-bond acceptors (Lipinski definition) is 5. The van der Waals surface area contributed by atoms with Crippen molar-refractivity contribution in [3.05, 3.63) is 47.5 Å². The number of H-pyrrole nitrogens is 1. The maximum absolute atomic E-state index is 13.0. The fraction of sp³-hybridized carbons (Fsp3) is 0.609. The maximum atomic E-state index is 13.0. The van der Waals surface area contributed by atoms with Gasteiger partial charge in [0.25, 0.3) is 5.91 Å². The Morgan fingerprint density at radius 3 is 2.63 bits per heavy atom. The van der Waals surface area contributed by atoms with Crippen LogP contribution in [0.25, 0.3) is 0 Å². The average molecular weight is 414 g/mol. The number of carbonyl (C=O) groups is 1. The summed E-state index contributed by atoms with van der Waals surface area (Å²) >= 11 is 0. The second-order valence-corrected chi connectivity index (χ2v) is 9.45. The summed E-state index contributed by atoms with van der Waals surface area (Å²) in [6, 6.07) is 5.87. The minimum absolute atomic E-state index is 0.0601. The number of nitrogens with zero attached hydrogens (tertiary/aromatic N) is 4. The van der Waals surface area contributed by atoms with Crippen LogP contribution < -0.4 is 0 Å². The molecule has 0 saturated carbocycles. The minimum Gasteiger partial charge on any atom is -0.388 e. The molecular weight excluding hydrogens is 378 g/mol. The molecule has 2 aromatic heterocycles. The summed E-state index contributed by atoms with van der Waals surface area (Å²) in [5, 5.41) is 18.5. The highest BCUT2D eigenvalue weighted by molar-refractivity contribution is 5.92. The Hall–Kier alpha value is -2.25. The monoisotopic (exact) mass is 413 g/mol. The van der Waals surface area contributed by atoms with E-state index in [9.17, 15) is 9.90 Å². The first-order valence-corrected chi connectivity index (χ1v) is 10.9. The zero-order valence-corrected chi connectivity index (χ0v) is 18.7. The third-order valence-electron chi connectivity index (χ3n) is 5.93. The summed E-state index contributed by atoms with van der Waals surface area (Å²) in [5.41, 5.74) is 1.72. The van der Waals surface area contributed by atoms with E-state index in [1.54, 1.807) is 12.4 Å². The zero-order valence-electron chi connectivity index (χ0n) is 18.7. The van der Waals surface area contributed by atoms with Crippen LogP contribution in [0.1, 0.15) is 68.7 Å². The number of aromatic nitrogens is 3. The lowest BCUT2D eigenvalue weighted by Crippen LogP contribution is -2.43. The van der Waals surface area contributed by atoms with E-state index in [2.05, 4.69) is 47.8 Å². The van der Waals surface area contributed by atoms with Gasteiger partial charge in [-0.05, 0) is 49.6 Å². The molecule has 164 valence electrons. The van der Waals surface area contributed by atoms with Crippen LogP contribution in [-0.4, -0.2) is 67.8 Å². The minimum atomic E-state index is -0.791. The van der Waals surface area contributed by atoms with Crippen molar-refractivity contribution in [3.63, 3.8) is 0 Å². The number of pyridine rings is 1. The maximum Gasteiger partial charge on any atom is 0.274 e.